The minimum Gasteiger partial charge on any atom is -0.300 e. The number of rotatable bonds is 10. The van der Waals surface area contributed by atoms with Crippen LogP contribution in [-0.2, 0) is 9.59 Å². The van der Waals surface area contributed by atoms with Crippen LogP contribution in [-0.4, -0.2) is 11.6 Å². The van der Waals surface area contributed by atoms with Crippen LogP contribution in [0.4, 0.5) is 0 Å². The van der Waals surface area contributed by atoms with Gasteiger partial charge in [0.25, 0.3) is 0 Å². The highest BCUT2D eigenvalue weighted by Crippen LogP contribution is 2.12. The number of allylic oxidation sites excluding steroid dienone is 4. The lowest BCUT2D eigenvalue weighted by Crippen LogP contribution is -2.06. The average Bonchev–Trinajstić information content (AvgIpc) is 2.35. The molecule has 114 valence electrons. The first kappa shape index (κ1) is 18.8. The van der Waals surface area contributed by atoms with Gasteiger partial charge in [0, 0.05) is 18.8 Å². The van der Waals surface area contributed by atoms with Gasteiger partial charge in [0.1, 0.15) is 11.6 Å². The fourth-order valence-electron chi connectivity index (χ4n) is 1.88. The molecule has 0 N–H and O–H groups in total. The van der Waals surface area contributed by atoms with Crippen molar-refractivity contribution < 1.29 is 9.59 Å². The number of hydrogen-bond acceptors (Lipinski definition) is 2. The molecule has 0 bridgehead atoms. The third-order valence-electron chi connectivity index (χ3n) is 3.43. The van der Waals surface area contributed by atoms with E-state index in [0.29, 0.717) is 18.6 Å². The quantitative estimate of drug-likeness (QED) is 0.525. The Kier molecular flexibility index (Phi) is 9.96. The van der Waals surface area contributed by atoms with Crippen molar-refractivity contribution in [3.05, 3.63) is 23.3 Å². The molecular formula is C18H30O2. The van der Waals surface area contributed by atoms with Gasteiger partial charge in [0.05, 0.1) is 0 Å². The summed E-state index contributed by atoms with van der Waals surface area (Å²) in [7, 11) is 0. The van der Waals surface area contributed by atoms with Gasteiger partial charge >= 0.3 is 0 Å². The Morgan fingerprint density at radius 2 is 1.30 bits per heavy atom. The molecular weight excluding hydrogens is 248 g/mol. The summed E-state index contributed by atoms with van der Waals surface area (Å²) in [5, 5.41) is 0. The standard InChI is InChI=1S/C18H30O2/c1-14(2)18(20)13-12-16(4)9-6-8-15(3)10-7-11-17(5)19/h9-10,14H,6-8,11-13H2,1-5H3/b15-10+,16-9+. The molecule has 0 aliphatic rings. The van der Waals surface area contributed by atoms with Crippen LogP contribution in [0.5, 0.6) is 0 Å². The van der Waals surface area contributed by atoms with Crippen LogP contribution < -0.4 is 0 Å². The van der Waals surface area contributed by atoms with E-state index in [1.54, 1.807) is 6.92 Å². The van der Waals surface area contributed by atoms with Gasteiger partial charge in [-0.1, -0.05) is 37.1 Å². The summed E-state index contributed by atoms with van der Waals surface area (Å²) in [5.41, 5.74) is 2.64. The summed E-state index contributed by atoms with van der Waals surface area (Å²) in [4.78, 5) is 22.4. The Balaban J connectivity index is 3.92. The molecule has 2 heteroatoms. The second-order valence-corrected chi connectivity index (χ2v) is 6.00. The van der Waals surface area contributed by atoms with Crippen LogP contribution in [0, 0.1) is 5.92 Å². The Hall–Kier alpha value is -1.18. The lowest BCUT2D eigenvalue weighted by atomic mass is 10.0. The molecule has 0 fully saturated rings. The maximum absolute atomic E-state index is 11.5. The fourth-order valence-corrected chi connectivity index (χ4v) is 1.88. The van der Waals surface area contributed by atoms with Crippen molar-refractivity contribution in [2.75, 3.05) is 0 Å². The van der Waals surface area contributed by atoms with Crippen molar-refractivity contribution in [1.29, 1.82) is 0 Å². The van der Waals surface area contributed by atoms with E-state index in [4.69, 9.17) is 0 Å². The van der Waals surface area contributed by atoms with Crippen LogP contribution in [0.1, 0.15) is 73.1 Å². The molecule has 0 amide bonds. The average molecular weight is 278 g/mol. The summed E-state index contributed by atoms with van der Waals surface area (Å²) in [6, 6.07) is 0. The largest absolute Gasteiger partial charge is 0.300 e. The molecule has 0 saturated carbocycles. The number of ketones is 2. The highest BCUT2D eigenvalue weighted by molar-refractivity contribution is 5.80. The Labute approximate surface area is 124 Å². The van der Waals surface area contributed by atoms with Crippen LogP contribution in [0.15, 0.2) is 23.3 Å². The van der Waals surface area contributed by atoms with Crippen molar-refractivity contribution in [2.24, 2.45) is 5.92 Å². The highest BCUT2D eigenvalue weighted by atomic mass is 16.1. The summed E-state index contributed by atoms with van der Waals surface area (Å²) in [6.07, 6.45) is 9.48. The fraction of sp³-hybridized carbons (Fsp3) is 0.667. The van der Waals surface area contributed by atoms with Gasteiger partial charge in [0.15, 0.2) is 0 Å². The van der Waals surface area contributed by atoms with Gasteiger partial charge in [0.2, 0.25) is 0 Å². The molecule has 0 aliphatic carbocycles. The molecule has 0 aliphatic heterocycles. The van der Waals surface area contributed by atoms with E-state index in [1.165, 1.54) is 11.1 Å². The maximum Gasteiger partial charge on any atom is 0.135 e. The van der Waals surface area contributed by atoms with E-state index in [0.717, 1.165) is 25.7 Å². The normalized spacial score (nSPS) is 12.9. The van der Waals surface area contributed by atoms with Crippen LogP contribution in [0.25, 0.3) is 0 Å². The van der Waals surface area contributed by atoms with Crippen molar-refractivity contribution >= 4 is 11.6 Å². The van der Waals surface area contributed by atoms with Crippen molar-refractivity contribution in [1.82, 2.24) is 0 Å². The molecule has 0 unspecified atom stereocenters. The predicted octanol–water partition coefficient (Wildman–Crippen LogP) is 5.03. The molecule has 0 atom stereocenters. The molecule has 0 spiro atoms. The van der Waals surface area contributed by atoms with Crippen LogP contribution in [0.3, 0.4) is 0 Å². The molecule has 20 heavy (non-hydrogen) atoms. The summed E-state index contributed by atoms with van der Waals surface area (Å²) < 4.78 is 0. The Morgan fingerprint density at radius 3 is 1.80 bits per heavy atom. The summed E-state index contributed by atoms with van der Waals surface area (Å²) in [6.45, 7) is 9.76. The predicted molar refractivity (Wildman–Crippen MR) is 85.7 cm³/mol. The minimum absolute atomic E-state index is 0.147. The lowest BCUT2D eigenvalue weighted by Gasteiger charge is -2.04. The van der Waals surface area contributed by atoms with Gasteiger partial charge in [-0.3, -0.25) is 4.79 Å². The zero-order chi connectivity index (χ0) is 15.5. The summed E-state index contributed by atoms with van der Waals surface area (Å²) in [5.74, 6) is 0.743. The Morgan fingerprint density at radius 1 is 0.800 bits per heavy atom. The number of Topliss-reactive ketones (excluding diaryl/α,β-unsaturated/α-hetero) is 2. The molecule has 0 rings (SSSR count). The van der Waals surface area contributed by atoms with Gasteiger partial charge in [-0.05, 0) is 46.5 Å². The van der Waals surface area contributed by atoms with E-state index in [1.807, 2.05) is 13.8 Å². The molecule has 0 aromatic heterocycles. The molecule has 0 heterocycles. The number of hydrogen-bond donors (Lipinski definition) is 0. The maximum atomic E-state index is 11.5. The Bertz CT molecular complexity index is 373. The zero-order valence-electron chi connectivity index (χ0n) is 13.8. The number of carbonyl (C=O) groups is 2. The van der Waals surface area contributed by atoms with Crippen molar-refractivity contribution in [2.45, 2.75) is 73.1 Å². The van der Waals surface area contributed by atoms with Crippen LogP contribution >= 0.6 is 0 Å². The molecule has 0 radical (unpaired) electrons. The van der Waals surface area contributed by atoms with E-state index >= 15 is 0 Å². The third kappa shape index (κ3) is 10.7. The van der Waals surface area contributed by atoms with E-state index in [2.05, 4.69) is 26.0 Å². The van der Waals surface area contributed by atoms with Gasteiger partial charge < -0.3 is 4.79 Å². The van der Waals surface area contributed by atoms with E-state index in [9.17, 15) is 9.59 Å². The smallest absolute Gasteiger partial charge is 0.135 e. The molecule has 0 aromatic rings. The van der Waals surface area contributed by atoms with Crippen molar-refractivity contribution in [3.8, 4) is 0 Å². The topological polar surface area (TPSA) is 34.1 Å². The first-order valence-electron chi connectivity index (χ1n) is 7.66. The molecule has 0 saturated heterocycles. The van der Waals surface area contributed by atoms with Gasteiger partial charge in [-0.2, -0.15) is 0 Å². The van der Waals surface area contributed by atoms with Crippen molar-refractivity contribution in [3.63, 3.8) is 0 Å². The van der Waals surface area contributed by atoms with Crippen LogP contribution in [0.2, 0.25) is 0 Å². The zero-order valence-corrected chi connectivity index (χ0v) is 13.8. The molecule has 2 nitrogen and oxygen atoms in total. The SMILES string of the molecule is CC(=O)CC/C=C(\C)CC/C=C(\C)CCC(=O)C(C)C. The minimum atomic E-state index is 0.147. The van der Waals surface area contributed by atoms with Gasteiger partial charge in [-0.25, -0.2) is 0 Å². The first-order chi connectivity index (χ1) is 9.32. The first-order valence-corrected chi connectivity index (χ1v) is 7.66. The summed E-state index contributed by atoms with van der Waals surface area (Å²) >= 11 is 0. The highest BCUT2D eigenvalue weighted by Gasteiger charge is 2.06. The second-order valence-electron chi connectivity index (χ2n) is 6.00. The second kappa shape index (κ2) is 10.6. The monoisotopic (exact) mass is 278 g/mol. The molecule has 0 aromatic carbocycles. The van der Waals surface area contributed by atoms with E-state index < -0.39 is 0 Å². The van der Waals surface area contributed by atoms with E-state index in [-0.39, 0.29) is 11.7 Å². The number of carbonyl (C=O) groups excluding carboxylic acids is 2. The lowest BCUT2D eigenvalue weighted by molar-refractivity contribution is -0.121. The van der Waals surface area contributed by atoms with Gasteiger partial charge in [-0.15, -0.1) is 0 Å². The third-order valence-corrected chi connectivity index (χ3v) is 3.43.